The highest BCUT2D eigenvalue weighted by atomic mass is 16.3. The van der Waals surface area contributed by atoms with E-state index in [1.165, 1.54) is 5.56 Å². The Morgan fingerprint density at radius 2 is 1.85 bits per heavy atom. The predicted octanol–water partition coefficient (Wildman–Crippen LogP) is 4.79. The minimum atomic E-state index is -0.0765. The molecule has 0 atom stereocenters. The number of aromatic nitrogens is 1. The van der Waals surface area contributed by atoms with Gasteiger partial charge in [0.1, 0.15) is 12.3 Å². The van der Waals surface area contributed by atoms with Crippen LogP contribution in [0.2, 0.25) is 0 Å². The van der Waals surface area contributed by atoms with Crippen LogP contribution in [0.1, 0.15) is 60.0 Å². The third-order valence-corrected chi connectivity index (χ3v) is 6.26. The highest BCUT2D eigenvalue weighted by molar-refractivity contribution is 5.97. The Labute approximate surface area is 195 Å². The fourth-order valence-electron chi connectivity index (χ4n) is 4.04. The van der Waals surface area contributed by atoms with Gasteiger partial charge >= 0.3 is 0 Å². The van der Waals surface area contributed by atoms with E-state index in [0.29, 0.717) is 18.7 Å². The number of aryl methyl sites for hydroxylation is 2. The highest BCUT2D eigenvalue weighted by Gasteiger charge is 2.35. The summed E-state index contributed by atoms with van der Waals surface area (Å²) in [5.41, 5.74) is 2.92. The van der Waals surface area contributed by atoms with E-state index in [9.17, 15) is 9.59 Å². The van der Waals surface area contributed by atoms with Gasteiger partial charge in [0.15, 0.2) is 0 Å². The largest absolute Gasteiger partial charge is 0.467 e. The van der Waals surface area contributed by atoms with Crippen molar-refractivity contribution in [1.82, 2.24) is 14.4 Å². The Morgan fingerprint density at radius 1 is 1.06 bits per heavy atom. The van der Waals surface area contributed by atoms with Crippen molar-refractivity contribution in [3.8, 4) is 0 Å². The fourth-order valence-corrected chi connectivity index (χ4v) is 4.04. The molecule has 0 saturated heterocycles. The molecule has 174 valence electrons. The SMILES string of the molecule is CCCCc1ccc(C(=O)N(CC(=O)N(Cc2ccco2)Cc2cccn2C)C2CC2)cc1. The molecule has 1 saturated carbocycles. The number of nitrogens with zero attached hydrogens (tertiary/aromatic N) is 3. The molecule has 6 heteroatoms. The van der Waals surface area contributed by atoms with Crippen LogP contribution in [0, 0.1) is 0 Å². The first kappa shape index (κ1) is 22.9. The van der Waals surface area contributed by atoms with Crippen molar-refractivity contribution in [2.45, 2.75) is 58.2 Å². The van der Waals surface area contributed by atoms with Crippen molar-refractivity contribution in [2.75, 3.05) is 6.54 Å². The predicted molar refractivity (Wildman–Crippen MR) is 127 cm³/mol. The third kappa shape index (κ3) is 5.95. The summed E-state index contributed by atoms with van der Waals surface area (Å²) in [6.07, 6.45) is 8.79. The van der Waals surface area contributed by atoms with Gasteiger partial charge < -0.3 is 18.8 Å². The second-order valence-electron chi connectivity index (χ2n) is 8.90. The quantitative estimate of drug-likeness (QED) is 0.424. The minimum Gasteiger partial charge on any atom is -0.467 e. The van der Waals surface area contributed by atoms with Gasteiger partial charge in [-0.2, -0.15) is 0 Å². The summed E-state index contributed by atoms with van der Waals surface area (Å²) in [6, 6.07) is 15.7. The summed E-state index contributed by atoms with van der Waals surface area (Å²) >= 11 is 0. The van der Waals surface area contributed by atoms with Gasteiger partial charge in [-0.25, -0.2) is 0 Å². The highest BCUT2D eigenvalue weighted by Crippen LogP contribution is 2.28. The van der Waals surface area contributed by atoms with Crippen LogP contribution < -0.4 is 0 Å². The Balaban J connectivity index is 1.48. The van der Waals surface area contributed by atoms with Crippen LogP contribution in [0.4, 0.5) is 0 Å². The molecule has 0 bridgehead atoms. The molecule has 0 aliphatic heterocycles. The molecule has 1 aromatic carbocycles. The number of hydrogen-bond acceptors (Lipinski definition) is 3. The van der Waals surface area contributed by atoms with Gasteiger partial charge in [0.2, 0.25) is 5.91 Å². The molecular weight excluding hydrogens is 414 g/mol. The first-order valence-corrected chi connectivity index (χ1v) is 11.9. The maximum Gasteiger partial charge on any atom is 0.254 e. The van der Waals surface area contributed by atoms with Gasteiger partial charge in [-0.3, -0.25) is 9.59 Å². The average Bonchev–Trinajstić information content (AvgIpc) is 3.39. The second-order valence-corrected chi connectivity index (χ2v) is 8.90. The molecule has 1 aliphatic carbocycles. The van der Waals surface area contributed by atoms with Crippen molar-refractivity contribution in [3.63, 3.8) is 0 Å². The number of furan rings is 1. The molecule has 1 fully saturated rings. The van der Waals surface area contributed by atoms with E-state index in [1.54, 1.807) is 16.1 Å². The zero-order valence-electron chi connectivity index (χ0n) is 19.6. The molecule has 6 nitrogen and oxygen atoms in total. The van der Waals surface area contributed by atoms with Crippen LogP contribution in [0.25, 0.3) is 0 Å². The van der Waals surface area contributed by atoms with Crippen molar-refractivity contribution >= 4 is 11.8 Å². The van der Waals surface area contributed by atoms with E-state index < -0.39 is 0 Å². The summed E-state index contributed by atoms with van der Waals surface area (Å²) < 4.78 is 7.51. The summed E-state index contributed by atoms with van der Waals surface area (Å²) in [6.45, 7) is 3.08. The maximum absolute atomic E-state index is 13.4. The van der Waals surface area contributed by atoms with E-state index in [4.69, 9.17) is 4.42 Å². The van der Waals surface area contributed by atoms with Gasteiger partial charge in [-0.1, -0.05) is 25.5 Å². The number of carbonyl (C=O) groups is 2. The topological polar surface area (TPSA) is 58.7 Å². The lowest BCUT2D eigenvalue weighted by Gasteiger charge is -2.27. The molecule has 0 N–H and O–H groups in total. The number of amides is 2. The van der Waals surface area contributed by atoms with Crippen molar-refractivity contribution < 1.29 is 14.0 Å². The van der Waals surface area contributed by atoms with Gasteiger partial charge in [0.05, 0.1) is 19.4 Å². The van der Waals surface area contributed by atoms with Crippen molar-refractivity contribution in [1.29, 1.82) is 0 Å². The molecule has 1 aliphatic rings. The number of rotatable bonds is 11. The molecule has 33 heavy (non-hydrogen) atoms. The van der Waals surface area contributed by atoms with Gasteiger partial charge in [0.25, 0.3) is 5.91 Å². The minimum absolute atomic E-state index is 0.0651. The molecule has 0 radical (unpaired) electrons. The normalized spacial score (nSPS) is 13.2. The van der Waals surface area contributed by atoms with Crippen LogP contribution in [-0.2, 0) is 31.4 Å². The molecule has 2 aromatic heterocycles. The van der Waals surface area contributed by atoms with Gasteiger partial charge in [0, 0.05) is 30.5 Å². The summed E-state index contributed by atoms with van der Waals surface area (Å²) in [7, 11) is 1.97. The van der Waals surface area contributed by atoms with E-state index >= 15 is 0 Å². The number of carbonyl (C=O) groups excluding carboxylic acids is 2. The van der Waals surface area contributed by atoms with Crippen molar-refractivity contribution in [2.24, 2.45) is 7.05 Å². The standard InChI is InChI=1S/C27H33N3O3/c1-3-4-7-21-10-12-22(13-11-21)27(32)30(23-14-15-23)20-26(31)29(19-25-9-6-17-33-25)18-24-8-5-16-28(24)2/h5-6,8-13,16-17,23H,3-4,7,14-15,18-20H2,1-2H3. The lowest BCUT2D eigenvalue weighted by Crippen LogP contribution is -2.43. The van der Waals surface area contributed by atoms with Gasteiger partial charge in [-0.15, -0.1) is 0 Å². The summed E-state index contributed by atoms with van der Waals surface area (Å²) in [5, 5.41) is 0. The monoisotopic (exact) mass is 447 g/mol. The van der Waals surface area contributed by atoms with E-state index in [0.717, 1.165) is 43.6 Å². The lowest BCUT2D eigenvalue weighted by atomic mass is 10.1. The Bertz CT molecular complexity index is 1050. The third-order valence-electron chi connectivity index (χ3n) is 6.26. The van der Waals surface area contributed by atoms with Crippen LogP contribution in [0.15, 0.2) is 65.4 Å². The zero-order valence-corrected chi connectivity index (χ0v) is 19.6. The number of benzene rings is 1. The lowest BCUT2D eigenvalue weighted by molar-refractivity contribution is -0.133. The summed E-state index contributed by atoms with van der Waals surface area (Å²) in [4.78, 5) is 30.3. The molecule has 4 rings (SSSR count). The van der Waals surface area contributed by atoms with Crippen LogP contribution in [0.3, 0.4) is 0 Å². The smallest absolute Gasteiger partial charge is 0.254 e. The molecule has 0 spiro atoms. The fraction of sp³-hybridized carbons (Fsp3) is 0.407. The molecule has 2 heterocycles. The molecule has 2 amide bonds. The molecule has 0 unspecified atom stereocenters. The average molecular weight is 448 g/mol. The number of hydrogen-bond donors (Lipinski definition) is 0. The van der Waals surface area contributed by atoms with Crippen LogP contribution in [-0.4, -0.2) is 38.8 Å². The van der Waals surface area contributed by atoms with Gasteiger partial charge in [-0.05, 0) is 67.6 Å². The Hall–Kier alpha value is -3.28. The van der Waals surface area contributed by atoms with E-state index in [2.05, 4.69) is 6.92 Å². The Morgan fingerprint density at radius 3 is 2.45 bits per heavy atom. The first-order chi connectivity index (χ1) is 16.0. The summed E-state index contributed by atoms with van der Waals surface area (Å²) in [5.74, 6) is 0.585. The van der Waals surface area contributed by atoms with E-state index in [-0.39, 0.29) is 24.4 Å². The molecule has 3 aromatic rings. The first-order valence-electron chi connectivity index (χ1n) is 11.9. The Kier molecular flexibility index (Phi) is 7.33. The maximum atomic E-state index is 13.4. The van der Waals surface area contributed by atoms with Crippen LogP contribution in [0.5, 0.6) is 0 Å². The molecular formula is C27H33N3O3. The van der Waals surface area contributed by atoms with Crippen molar-refractivity contribution in [3.05, 3.63) is 83.6 Å². The second kappa shape index (κ2) is 10.6. The zero-order chi connectivity index (χ0) is 23.2. The van der Waals surface area contributed by atoms with Crippen LogP contribution >= 0.6 is 0 Å². The number of unbranched alkanes of at least 4 members (excludes halogenated alkanes) is 1. The van der Waals surface area contributed by atoms with E-state index in [1.807, 2.05) is 66.3 Å².